The van der Waals surface area contributed by atoms with Crippen molar-refractivity contribution >= 4 is 16.4 Å². The molecule has 0 spiro atoms. The lowest BCUT2D eigenvalue weighted by Gasteiger charge is -2.05. The summed E-state index contributed by atoms with van der Waals surface area (Å²) in [6, 6.07) is 5.42. The first-order chi connectivity index (χ1) is 8.09. The molecule has 0 aliphatic carbocycles. The Balaban J connectivity index is 0.000000494. The van der Waals surface area contributed by atoms with Gasteiger partial charge in [-0.15, -0.1) is 0 Å². The maximum atomic E-state index is 10.4. The second-order valence-corrected chi connectivity index (χ2v) is 4.16. The summed E-state index contributed by atoms with van der Waals surface area (Å²) < 4.78 is 31.6. The minimum atomic E-state index is -4.67. The number of aromatic hydroxyl groups is 1. The number of hydrogen-bond acceptors (Lipinski definition) is 5. The number of hydrogen-bond donors (Lipinski definition) is 5. The molecule has 0 bridgehead atoms. The van der Waals surface area contributed by atoms with E-state index in [1.807, 2.05) is 0 Å². The molecule has 0 aromatic heterocycles. The third kappa shape index (κ3) is 9.54. The molecule has 0 aliphatic rings. The molecule has 6 N–H and O–H groups in total. The normalized spacial score (nSPS) is 12.2. The molecule has 0 aliphatic heterocycles. The van der Waals surface area contributed by atoms with Crippen LogP contribution >= 0.6 is 0 Å². The van der Waals surface area contributed by atoms with Crippen molar-refractivity contribution in [2.45, 2.75) is 12.5 Å². The summed E-state index contributed by atoms with van der Waals surface area (Å²) >= 11 is 0. The van der Waals surface area contributed by atoms with Gasteiger partial charge in [0.15, 0.2) is 0 Å². The second-order valence-electron chi connectivity index (χ2n) is 3.26. The SMILES string of the molecule is NC(Cc1ccc(O)cc1)C(=O)O.O=S(=O)(O)O. The Morgan fingerprint density at radius 3 is 1.94 bits per heavy atom. The molecule has 1 atom stereocenters. The number of carboxylic acid groups (broad SMARTS) is 1. The van der Waals surface area contributed by atoms with Gasteiger partial charge in [0.25, 0.3) is 0 Å². The van der Waals surface area contributed by atoms with E-state index in [0.717, 1.165) is 5.56 Å². The van der Waals surface area contributed by atoms with Crippen LogP contribution in [0.3, 0.4) is 0 Å². The quantitative estimate of drug-likeness (QED) is 0.471. The average molecular weight is 279 g/mol. The Bertz CT molecular complexity index is 474. The molecular weight excluding hydrogens is 266 g/mol. The zero-order chi connectivity index (χ0) is 14.3. The lowest BCUT2D eigenvalue weighted by atomic mass is 10.1. The van der Waals surface area contributed by atoms with Crippen molar-refractivity contribution in [2.75, 3.05) is 0 Å². The second kappa shape index (κ2) is 6.91. The number of carbonyl (C=O) groups is 1. The van der Waals surface area contributed by atoms with Gasteiger partial charge in [-0.2, -0.15) is 8.42 Å². The molecule has 0 saturated heterocycles. The van der Waals surface area contributed by atoms with Gasteiger partial charge in [-0.1, -0.05) is 12.1 Å². The number of nitrogens with two attached hydrogens (primary N) is 1. The van der Waals surface area contributed by atoms with Crippen molar-refractivity contribution < 1.29 is 32.5 Å². The van der Waals surface area contributed by atoms with Crippen LogP contribution < -0.4 is 5.73 Å². The van der Waals surface area contributed by atoms with Crippen molar-refractivity contribution in [3.63, 3.8) is 0 Å². The predicted molar refractivity (Wildman–Crippen MR) is 61.6 cm³/mol. The van der Waals surface area contributed by atoms with Crippen molar-refractivity contribution in [2.24, 2.45) is 5.73 Å². The summed E-state index contributed by atoms with van der Waals surface area (Å²) in [5.41, 5.74) is 6.12. The molecular formula is C9H13NO7S. The molecule has 1 aromatic carbocycles. The van der Waals surface area contributed by atoms with E-state index in [2.05, 4.69) is 0 Å². The van der Waals surface area contributed by atoms with Crippen LogP contribution in [0.4, 0.5) is 0 Å². The maximum Gasteiger partial charge on any atom is 0.394 e. The Labute approximate surface area is 103 Å². The van der Waals surface area contributed by atoms with Crippen LogP contribution in [0.5, 0.6) is 5.75 Å². The van der Waals surface area contributed by atoms with Gasteiger partial charge in [0.2, 0.25) is 0 Å². The molecule has 0 saturated carbocycles. The summed E-state index contributed by atoms with van der Waals surface area (Å²) in [7, 11) is -4.67. The third-order valence-corrected chi connectivity index (χ3v) is 1.71. The Morgan fingerprint density at radius 1 is 1.22 bits per heavy atom. The van der Waals surface area contributed by atoms with Crippen molar-refractivity contribution in [3.05, 3.63) is 29.8 Å². The molecule has 0 heterocycles. The lowest BCUT2D eigenvalue weighted by molar-refractivity contribution is -0.138. The van der Waals surface area contributed by atoms with E-state index in [1.54, 1.807) is 12.1 Å². The number of carboxylic acids is 1. The summed E-state index contributed by atoms with van der Waals surface area (Å²) in [6.07, 6.45) is 0.273. The minimum absolute atomic E-state index is 0.160. The summed E-state index contributed by atoms with van der Waals surface area (Å²) in [5.74, 6) is -0.860. The van der Waals surface area contributed by atoms with Crippen LogP contribution in [0, 0.1) is 0 Å². The highest BCUT2D eigenvalue weighted by atomic mass is 32.3. The Hall–Kier alpha value is -1.68. The van der Waals surface area contributed by atoms with Gasteiger partial charge in [-0.05, 0) is 24.1 Å². The van der Waals surface area contributed by atoms with E-state index in [4.69, 9.17) is 33.5 Å². The molecule has 9 heteroatoms. The van der Waals surface area contributed by atoms with Crippen LogP contribution in [0.15, 0.2) is 24.3 Å². The predicted octanol–water partition coefficient (Wildman–Crippen LogP) is -0.306. The van der Waals surface area contributed by atoms with E-state index in [1.165, 1.54) is 12.1 Å². The molecule has 8 nitrogen and oxygen atoms in total. The lowest BCUT2D eigenvalue weighted by Crippen LogP contribution is -2.32. The van der Waals surface area contributed by atoms with E-state index >= 15 is 0 Å². The van der Waals surface area contributed by atoms with E-state index in [-0.39, 0.29) is 12.2 Å². The van der Waals surface area contributed by atoms with Crippen molar-refractivity contribution in [3.8, 4) is 5.75 Å². The monoisotopic (exact) mass is 279 g/mol. The molecule has 0 amide bonds. The molecule has 102 valence electrons. The topological polar surface area (TPSA) is 158 Å². The summed E-state index contributed by atoms with van der Waals surface area (Å²) in [6.45, 7) is 0. The highest BCUT2D eigenvalue weighted by Crippen LogP contribution is 2.10. The zero-order valence-electron chi connectivity index (χ0n) is 9.09. The van der Waals surface area contributed by atoms with Crippen molar-refractivity contribution in [1.82, 2.24) is 0 Å². The number of phenolic OH excluding ortho intramolecular Hbond substituents is 1. The Kier molecular flexibility index (Phi) is 6.27. The van der Waals surface area contributed by atoms with Crippen LogP contribution in [-0.4, -0.2) is 39.7 Å². The van der Waals surface area contributed by atoms with E-state index in [9.17, 15) is 4.79 Å². The smallest absolute Gasteiger partial charge is 0.394 e. The molecule has 18 heavy (non-hydrogen) atoms. The number of benzene rings is 1. The van der Waals surface area contributed by atoms with Crippen LogP contribution in [0.1, 0.15) is 5.56 Å². The molecule has 0 radical (unpaired) electrons. The highest BCUT2D eigenvalue weighted by molar-refractivity contribution is 7.79. The van der Waals surface area contributed by atoms with Gasteiger partial charge in [0, 0.05) is 0 Å². The number of rotatable bonds is 3. The van der Waals surface area contributed by atoms with Crippen molar-refractivity contribution in [1.29, 1.82) is 0 Å². The standard InChI is InChI=1S/C9H11NO3.H2O4S/c10-8(9(12)13)5-6-1-3-7(11)4-2-6;1-5(2,3)4/h1-4,8,11H,5,10H2,(H,12,13);(H2,1,2,3,4). The van der Waals surface area contributed by atoms with Gasteiger partial charge < -0.3 is 15.9 Å². The Morgan fingerprint density at radius 2 is 1.61 bits per heavy atom. The number of phenols is 1. The molecule has 1 aromatic rings. The van der Waals surface area contributed by atoms with E-state index in [0.29, 0.717) is 0 Å². The highest BCUT2D eigenvalue weighted by Gasteiger charge is 2.11. The fourth-order valence-electron chi connectivity index (χ4n) is 0.973. The minimum Gasteiger partial charge on any atom is -0.508 e. The molecule has 1 rings (SSSR count). The first-order valence-corrected chi connectivity index (χ1v) is 5.95. The first-order valence-electron chi connectivity index (χ1n) is 4.55. The summed E-state index contributed by atoms with van der Waals surface area (Å²) in [5, 5.41) is 17.5. The fourth-order valence-corrected chi connectivity index (χ4v) is 0.973. The van der Waals surface area contributed by atoms with Crippen LogP contribution in [0.2, 0.25) is 0 Å². The van der Waals surface area contributed by atoms with Gasteiger partial charge in [0.1, 0.15) is 11.8 Å². The zero-order valence-corrected chi connectivity index (χ0v) is 9.91. The maximum absolute atomic E-state index is 10.4. The first kappa shape index (κ1) is 16.3. The van der Waals surface area contributed by atoms with Gasteiger partial charge in [-0.3, -0.25) is 13.9 Å². The largest absolute Gasteiger partial charge is 0.508 e. The van der Waals surface area contributed by atoms with E-state index < -0.39 is 22.4 Å². The molecule has 0 fully saturated rings. The average Bonchev–Trinajstić information content (AvgIpc) is 2.18. The van der Waals surface area contributed by atoms with Gasteiger partial charge in [-0.25, -0.2) is 0 Å². The van der Waals surface area contributed by atoms with Crippen LogP contribution in [0.25, 0.3) is 0 Å². The van der Waals surface area contributed by atoms with Gasteiger partial charge in [0.05, 0.1) is 0 Å². The third-order valence-electron chi connectivity index (χ3n) is 1.71. The molecule has 1 unspecified atom stereocenters. The summed E-state index contributed by atoms with van der Waals surface area (Å²) in [4.78, 5) is 10.4. The fraction of sp³-hybridized carbons (Fsp3) is 0.222. The van der Waals surface area contributed by atoms with Gasteiger partial charge >= 0.3 is 16.4 Å². The van der Waals surface area contributed by atoms with Crippen LogP contribution in [-0.2, 0) is 21.6 Å². The number of aliphatic carboxylic acids is 1.